The van der Waals surface area contributed by atoms with Crippen molar-refractivity contribution >= 4 is 17.5 Å². The van der Waals surface area contributed by atoms with E-state index in [1.165, 1.54) is 0 Å². The monoisotopic (exact) mass is 377 g/mol. The number of amides is 2. The lowest BCUT2D eigenvalue weighted by Crippen LogP contribution is -2.50. The summed E-state index contributed by atoms with van der Waals surface area (Å²) in [4.78, 5) is 29.8. The zero-order valence-corrected chi connectivity index (χ0v) is 16.0. The molecule has 8 nitrogen and oxygen atoms in total. The van der Waals surface area contributed by atoms with E-state index in [0.29, 0.717) is 18.9 Å². The number of aromatic nitrogens is 4. The van der Waals surface area contributed by atoms with Crippen LogP contribution in [0.3, 0.4) is 0 Å². The second-order valence-electron chi connectivity index (χ2n) is 6.82. The number of aryl methyl sites for hydroxylation is 2. The minimum atomic E-state index is -0.0630. The molecule has 1 aliphatic heterocycles. The third-order valence-electron chi connectivity index (χ3n) is 4.86. The molecule has 1 saturated heterocycles. The number of carbonyl (C=O) groups excluding carboxylic acids is 1. The average molecular weight is 377 g/mol. The van der Waals surface area contributed by atoms with Crippen molar-refractivity contribution in [3.05, 3.63) is 60.4 Å². The summed E-state index contributed by atoms with van der Waals surface area (Å²) in [6, 6.07) is 9.69. The second-order valence-corrected chi connectivity index (χ2v) is 6.82. The van der Waals surface area contributed by atoms with Gasteiger partial charge in [0.05, 0.1) is 0 Å². The number of carbonyl (C=O) groups is 1. The Kier molecular flexibility index (Phi) is 4.92. The van der Waals surface area contributed by atoms with Gasteiger partial charge in [0, 0.05) is 50.3 Å². The van der Waals surface area contributed by atoms with Crippen molar-refractivity contribution in [3.8, 4) is 5.82 Å². The van der Waals surface area contributed by atoms with E-state index in [2.05, 4.69) is 25.2 Å². The van der Waals surface area contributed by atoms with E-state index in [9.17, 15) is 4.79 Å². The van der Waals surface area contributed by atoms with Gasteiger partial charge in [-0.3, -0.25) is 4.57 Å². The van der Waals surface area contributed by atoms with Crippen LogP contribution in [0.2, 0.25) is 0 Å². The maximum Gasteiger partial charge on any atom is 0.321 e. The molecule has 4 rings (SSSR count). The first-order valence-corrected chi connectivity index (χ1v) is 9.31. The van der Waals surface area contributed by atoms with Gasteiger partial charge in [0.25, 0.3) is 0 Å². The Balaban J connectivity index is 1.42. The van der Waals surface area contributed by atoms with Crippen LogP contribution in [0.5, 0.6) is 0 Å². The Morgan fingerprint density at radius 2 is 1.79 bits per heavy atom. The zero-order valence-electron chi connectivity index (χ0n) is 16.0. The Hall–Kier alpha value is -3.42. The van der Waals surface area contributed by atoms with E-state index in [1.807, 2.05) is 59.8 Å². The number of nitrogens with zero attached hydrogens (tertiary/aromatic N) is 6. The molecule has 1 aliphatic rings. The fraction of sp³-hybridized carbons (Fsp3) is 0.300. The summed E-state index contributed by atoms with van der Waals surface area (Å²) in [5.74, 6) is 2.37. The lowest BCUT2D eigenvalue weighted by atomic mass is 10.2. The number of imidazole rings is 1. The minimum absolute atomic E-state index is 0.0630. The molecule has 1 N–H and O–H groups in total. The van der Waals surface area contributed by atoms with Crippen LogP contribution in [0, 0.1) is 13.8 Å². The van der Waals surface area contributed by atoms with Crippen LogP contribution in [0.1, 0.15) is 11.4 Å². The standard InChI is InChI=1S/C20H23N7O/c1-15-5-3-4-6-17(15)24-20(28)26-11-9-25(10-12-26)18-13-19(23-16(2)22-18)27-8-7-21-14-27/h3-8,13-14H,9-12H2,1-2H3,(H,24,28). The lowest BCUT2D eigenvalue weighted by Gasteiger charge is -2.35. The van der Waals surface area contributed by atoms with Gasteiger partial charge in [0.2, 0.25) is 0 Å². The highest BCUT2D eigenvalue weighted by molar-refractivity contribution is 5.90. The van der Waals surface area contributed by atoms with E-state index in [-0.39, 0.29) is 6.03 Å². The molecule has 28 heavy (non-hydrogen) atoms. The van der Waals surface area contributed by atoms with Gasteiger partial charge in [0.15, 0.2) is 0 Å². The summed E-state index contributed by atoms with van der Waals surface area (Å²) in [5, 5.41) is 3.00. The summed E-state index contributed by atoms with van der Waals surface area (Å²) in [6.07, 6.45) is 5.31. The summed E-state index contributed by atoms with van der Waals surface area (Å²) >= 11 is 0. The number of nitrogens with one attached hydrogen (secondary N) is 1. The Morgan fingerprint density at radius 1 is 1.04 bits per heavy atom. The summed E-state index contributed by atoms with van der Waals surface area (Å²) in [7, 11) is 0. The van der Waals surface area contributed by atoms with Crippen LogP contribution in [0.4, 0.5) is 16.3 Å². The number of benzene rings is 1. The molecule has 0 unspecified atom stereocenters. The van der Waals surface area contributed by atoms with E-state index >= 15 is 0 Å². The highest BCUT2D eigenvalue weighted by Gasteiger charge is 2.23. The lowest BCUT2D eigenvalue weighted by molar-refractivity contribution is 0.208. The normalized spacial score (nSPS) is 14.2. The van der Waals surface area contributed by atoms with Gasteiger partial charge in [-0.2, -0.15) is 0 Å². The summed E-state index contributed by atoms with van der Waals surface area (Å²) in [6.45, 7) is 6.60. The molecular formula is C20H23N7O. The number of hydrogen-bond acceptors (Lipinski definition) is 5. The first-order chi connectivity index (χ1) is 13.6. The molecule has 8 heteroatoms. The Labute approximate surface area is 163 Å². The number of hydrogen-bond donors (Lipinski definition) is 1. The van der Waals surface area contributed by atoms with Crippen LogP contribution in [0.15, 0.2) is 49.1 Å². The molecule has 0 radical (unpaired) electrons. The van der Waals surface area contributed by atoms with E-state index in [1.54, 1.807) is 12.5 Å². The third kappa shape index (κ3) is 3.80. The smallest absolute Gasteiger partial charge is 0.321 e. The number of rotatable bonds is 3. The van der Waals surface area contributed by atoms with E-state index in [0.717, 1.165) is 36.0 Å². The van der Waals surface area contributed by atoms with Crippen molar-refractivity contribution in [3.63, 3.8) is 0 Å². The van der Waals surface area contributed by atoms with Gasteiger partial charge in [0.1, 0.15) is 23.8 Å². The molecule has 0 spiro atoms. The highest BCUT2D eigenvalue weighted by atomic mass is 16.2. The van der Waals surface area contributed by atoms with Gasteiger partial charge in [-0.05, 0) is 25.5 Å². The number of piperazine rings is 1. The topological polar surface area (TPSA) is 79.2 Å². The molecule has 3 heterocycles. The van der Waals surface area contributed by atoms with Crippen molar-refractivity contribution in [2.24, 2.45) is 0 Å². The van der Waals surface area contributed by atoms with E-state index < -0.39 is 0 Å². The maximum absolute atomic E-state index is 12.6. The van der Waals surface area contributed by atoms with Crippen molar-refractivity contribution in [1.82, 2.24) is 24.4 Å². The van der Waals surface area contributed by atoms with Gasteiger partial charge in [-0.15, -0.1) is 0 Å². The predicted octanol–water partition coefficient (Wildman–Crippen LogP) is 2.63. The largest absolute Gasteiger partial charge is 0.353 e. The highest BCUT2D eigenvalue weighted by Crippen LogP contribution is 2.19. The van der Waals surface area contributed by atoms with Crippen molar-refractivity contribution in [1.29, 1.82) is 0 Å². The average Bonchev–Trinajstić information content (AvgIpc) is 3.24. The number of anilines is 2. The van der Waals surface area contributed by atoms with Crippen molar-refractivity contribution < 1.29 is 4.79 Å². The van der Waals surface area contributed by atoms with Crippen LogP contribution >= 0.6 is 0 Å². The van der Waals surface area contributed by atoms with Gasteiger partial charge in [-0.1, -0.05) is 18.2 Å². The number of para-hydroxylation sites is 1. The Morgan fingerprint density at radius 3 is 2.50 bits per heavy atom. The molecule has 1 aromatic carbocycles. The minimum Gasteiger partial charge on any atom is -0.353 e. The SMILES string of the molecule is Cc1nc(N2CCN(C(=O)Nc3ccccc3C)CC2)cc(-n2ccnc2)n1. The van der Waals surface area contributed by atoms with Crippen molar-refractivity contribution in [2.75, 3.05) is 36.4 Å². The molecule has 0 bridgehead atoms. The molecule has 3 aromatic rings. The van der Waals surface area contributed by atoms with Crippen molar-refractivity contribution in [2.45, 2.75) is 13.8 Å². The van der Waals surface area contributed by atoms with E-state index in [4.69, 9.17) is 0 Å². The van der Waals surface area contributed by atoms with Crippen LogP contribution in [-0.4, -0.2) is 56.6 Å². The maximum atomic E-state index is 12.6. The molecule has 2 aromatic heterocycles. The molecule has 0 saturated carbocycles. The molecule has 0 atom stereocenters. The van der Waals surface area contributed by atoms with Gasteiger partial charge < -0.3 is 15.1 Å². The zero-order chi connectivity index (χ0) is 19.5. The second kappa shape index (κ2) is 7.67. The van der Waals surface area contributed by atoms with Gasteiger partial charge in [-0.25, -0.2) is 19.7 Å². The Bertz CT molecular complexity index is 962. The fourth-order valence-electron chi connectivity index (χ4n) is 3.27. The first-order valence-electron chi connectivity index (χ1n) is 9.31. The summed E-state index contributed by atoms with van der Waals surface area (Å²) < 4.78 is 1.87. The van der Waals surface area contributed by atoms with Crippen LogP contribution in [0.25, 0.3) is 5.82 Å². The number of urea groups is 1. The summed E-state index contributed by atoms with van der Waals surface area (Å²) in [5.41, 5.74) is 1.91. The van der Waals surface area contributed by atoms with Gasteiger partial charge >= 0.3 is 6.03 Å². The third-order valence-corrected chi connectivity index (χ3v) is 4.86. The first kappa shape index (κ1) is 18.0. The fourth-order valence-corrected chi connectivity index (χ4v) is 3.27. The quantitative estimate of drug-likeness (QED) is 0.759. The predicted molar refractivity (Wildman–Crippen MR) is 108 cm³/mol. The molecule has 1 fully saturated rings. The molecule has 2 amide bonds. The molecule has 144 valence electrons. The van der Waals surface area contributed by atoms with Crippen LogP contribution < -0.4 is 10.2 Å². The van der Waals surface area contributed by atoms with Crippen LogP contribution in [-0.2, 0) is 0 Å². The molecule has 0 aliphatic carbocycles. The molecular weight excluding hydrogens is 354 g/mol.